The maximum Gasteiger partial charge on any atom is 0.168 e. The van der Waals surface area contributed by atoms with Gasteiger partial charge in [-0.25, -0.2) is 0 Å². The molecular formula is C24H29NO4. The summed E-state index contributed by atoms with van der Waals surface area (Å²) in [5.41, 5.74) is 4.83. The molecule has 0 amide bonds. The molecule has 0 atom stereocenters. The summed E-state index contributed by atoms with van der Waals surface area (Å²) in [7, 11) is 0. The third kappa shape index (κ3) is 3.54. The number of aromatic nitrogens is 1. The van der Waals surface area contributed by atoms with Gasteiger partial charge < -0.3 is 18.7 Å². The van der Waals surface area contributed by atoms with E-state index in [2.05, 4.69) is 29.4 Å². The quantitative estimate of drug-likeness (QED) is 0.664. The Kier molecular flexibility index (Phi) is 4.51. The largest absolute Gasteiger partial charge is 0.373 e. The van der Waals surface area contributed by atoms with Gasteiger partial charge in [0.25, 0.3) is 0 Å². The standard InChI is InChI=1S/C24H29NO4/c1-2-4-20(19(3-1)16-5-6-16)22-21(23(29-25-22)17-7-8-17)15-26-18-9-11-24(12-10-18)27-13-14-28-24/h1-4,16-18H,5-15H2. The molecule has 154 valence electrons. The summed E-state index contributed by atoms with van der Waals surface area (Å²) >= 11 is 0. The Labute approximate surface area is 171 Å². The molecule has 4 aliphatic rings. The van der Waals surface area contributed by atoms with E-state index in [0.717, 1.165) is 50.4 Å². The van der Waals surface area contributed by atoms with E-state index in [1.807, 2.05) is 0 Å². The van der Waals surface area contributed by atoms with Gasteiger partial charge in [-0.1, -0.05) is 29.4 Å². The molecule has 1 aromatic carbocycles. The lowest BCUT2D eigenvalue weighted by Crippen LogP contribution is -2.37. The van der Waals surface area contributed by atoms with Gasteiger partial charge in [-0.3, -0.25) is 0 Å². The van der Waals surface area contributed by atoms with E-state index in [0.29, 0.717) is 18.4 Å². The Hall–Kier alpha value is -1.69. The number of ether oxygens (including phenoxy) is 3. The zero-order chi connectivity index (χ0) is 19.3. The second kappa shape index (κ2) is 7.22. The van der Waals surface area contributed by atoms with E-state index in [9.17, 15) is 0 Å². The molecule has 6 rings (SSSR count). The van der Waals surface area contributed by atoms with Gasteiger partial charge in [-0.2, -0.15) is 0 Å². The van der Waals surface area contributed by atoms with Crippen LogP contribution in [0.15, 0.2) is 28.8 Å². The van der Waals surface area contributed by atoms with Gasteiger partial charge >= 0.3 is 0 Å². The van der Waals surface area contributed by atoms with Crippen LogP contribution in [0.25, 0.3) is 11.3 Å². The van der Waals surface area contributed by atoms with Gasteiger partial charge in [0.1, 0.15) is 11.5 Å². The Morgan fingerprint density at radius 3 is 2.38 bits per heavy atom. The maximum absolute atomic E-state index is 6.42. The summed E-state index contributed by atoms with van der Waals surface area (Å²) in [5.74, 6) is 1.94. The molecule has 29 heavy (non-hydrogen) atoms. The minimum absolute atomic E-state index is 0.252. The van der Waals surface area contributed by atoms with Crippen LogP contribution in [-0.4, -0.2) is 30.3 Å². The first-order chi connectivity index (χ1) is 14.3. The lowest BCUT2D eigenvalue weighted by atomic mass is 9.91. The van der Waals surface area contributed by atoms with E-state index in [1.54, 1.807) is 0 Å². The molecule has 2 heterocycles. The summed E-state index contributed by atoms with van der Waals surface area (Å²) in [5, 5.41) is 4.55. The molecule has 4 fully saturated rings. The van der Waals surface area contributed by atoms with Gasteiger partial charge in [0.2, 0.25) is 0 Å². The van der Waals surface area contributed by atoms with Gasteiger partial charge in [0, 0.05) is 29.9 Å². The Morgan fingerprint density at radius 2 is 1.66 bits per heavy atom. The van der Waals surface area contributed by atoms with Crippen LogP contribution in [0.5, 0.6) is 0 Å². The van der Waals surface area contributed by atoms with Crippen LogP contribution in [0.1, 0.15) is 80.1 Å². The predicted molar refractivity (Wildman–Crippen MR) is 108 cm³/mol. The van der Waals surface area contributed by atoms with Crippen LogP contribution < -0.4 is 0 Å². The molecule has 0 bridgehead atoms. The van der Waals surface area contributed by atoms with Crippen molar-refractivity contribution in [1.29, 1.82) is 0 Å². The monoisotopic (exact) mass is 395 g/mol. The van der Waals surface area contributed by atoms with Crippen LogP contribution in [0, 0.1) is 0 Å². The maximum atomic E-state index is 6.42. The zero-order valence-electron chi connectivity index (χ0n) is 16.9. The van der Waals surface area contributed by atoms with Gasteiger partial charge in [0.05, 0.1) is 25.9 Å². The van der Waals surface area contributed by atoms with Crippen molar-refractivity contribution in [3.63, 3.8) is 0 Å². The molecule has 1 aromatic heterocycles. The van der Waals surface area contributed by atoms with Crippen molar-refractivity contribution in [3.05, 3.63) is 41.2 Å². The number of hydrogen-bond acceptors (Lipinski definition) is 5. The van der Waals surface area contributed by atoms with Crippen molar-refractivity contribution in [2.45, 2.75) is 81.7 Å². The molecule has 1 aliphatic heterocycles. The lowest BCUT2D eigenvalue weighted by molar-refractivity contribution is -0.192. The van der Waals surface area contributed by atoms with E-state index < -0.39 is 0 Å². The SMILES string of the molecule is c1ccc(C2CC2)c(-c2noc(C3CC3)c2COC2CCC3(CC2)OCCO3)c1. The second-order valence-electron chi connectivity index (χ2n) is 9.13. The molecule has 5 heteroatoms. The minimum atomic E-state index is -0.329. The van der Waals surface area contributed by atoms with Crippen molar-refractivity contribution in [3.8, 4) is 11.3 Å². The van der Waals surface area contributed by atoms with Gasteiger partial charge in [-0.15, -0.1) is 0 Å². The van der Waals surface area contributed by atoms with Crippen molar-refractivity contribution in [2.75, 3.05) is 13.2 Å². The van der Waals surface area contributed by atoms with Crippen molar-refractivity contribution in [1.82, 2.24) is 5.16 Å². The van der Waals surface area contributed by atoms with E-state index in [4.69, 9.17) is 18.7 Å². The first-order valence-electron chi connectivity index (χ1n) is 11.3. The summed E-state index contributed by atoms with van der Waals surface area (Å²) < 4.78 is 24.0. The number of nitrogens with zero attached hydrogens (tertiary/aromatic N) is 1. The summed E-state index contributed by atoms with van der Waals surface area (Å²) in [4.78, 5) is 0. The average molecular weight is 395 g/mol. The van der Waals surface area contributed by atoms with Crippen LogP contribution in [0.2, 0.25) is 0 Å². The number of rotatable bonds is 6. The molecule has 0 unspecified atom stereocenters. The minimum Gasteiger partial charge on any atom is -0.373 e. The highest BCUT2D eigenvalue weighted by molar-refractivity contribution is 5.69. The first-order valence-corrected chi connectivity index (χ1v) is 11.3. The molecule has 0 N–H and O–H groups in total. The topological polar surface area (TPSA) is 53.7 Å². The average Bonchev–Trinajstić information content (AvgIpc) is 3.69. The predicted octanol–water partition coefficient (Wildman–Crippen LogP) is 5.30. The Morgan fingerprint density at radius 1 is 0.931 bits per heavy atom. The third-order valence-corrected chi connectivity index (χ3v) is 6.97. The molecule has 1 spiro atoms. The van der Waals surface area contributed by atoms with E-state index >= 15 is 0 Å². The second-order valence-corrected chi connectivity index (χ2v) is 9.13. The van der Waals surface area contributed by atoms with Crippen LogP contribution >= 0.6 is 0 Å². The van der Waals surface area contributed by atoms with Crippen molar-refractivity contribution >= 4 is 0 Å². The van der Waals surface area contributed by atoms with Crippen LogP contribution in [-0.2, 0) is 20.8 Å². The first kappa shape index (κ1) is 18.1. The molecule has 0 radical (unpaired) electrons. The van der Waals surface area contributed by atoms with Gasteiger partial charge in [0.15, 0.2) is 5.79 Å². The van der Waals surface area contributed by atoms with E-state index in [1.165, 1.54) is 42.4 Å². The summed E-state index contributed by atoms with van der Waals surface area (Å²) in [6.45, 7) is 2.03. The summed E-state index contributed by atoms with van der Waals surface area (Å²) in [6, 6.07) is 8.70. The molecular weight excluding hydrogens is 366 g/mol. The smallest absolute Gasteiger partial charge is 0.168 e. The highest BCUT2D eigenvalue weighted by Crippen LogP contribution is 2.48. The molecule has 3 saturated carbocycles. The number of hydrogen-bond donors (Lipinski definition) is 0. The van der Waals surface area contributed by atoms with E-state index in [-0.39, 0.29) is 11.9 Å². The molecule has 3 aliphatic carbocycles. The Bertz CT molecular complexity index is 867. The molecule has 5 nitrogen and oxygen atoms in total. The van der Waals surface area contributed by atoms with Crippen molar-refractivity contribution in [2.24, 2.45) is 0 Å². The fourth-order valence-electron chi connectivity index (χ4n) is 4.99. The highest BCUT2D eigenvalue weighted by atomic mass is 16.7. The highest BCUT2D eigenvalue weighted by Gasteiger charge is 2.41. The van der Waals surface area contributed by atoms with Gasteiger partial charge in [-0.05, 0) is 50.0 Å². The zero-order valence-corrected chi connectivity index (χ0v) is 16.9. The molecule has 1 saturated heterocycles. The normalized spacial score (nSPS) is 24.4. The lowest BCUT2D eigenvalue weighted by Gasteiger charge is -2.35. The Balaban J connectivity index is 1.21. The fraction of sp³-hybridized carbons (Fsp3) is 0.625. The van der Waals surface area contributed by atoms with Crippen LogP contribution in [0.4, 0.5) is 0 Å². The fourth-order valence-corrected chi connectivity index (χ4v) is 4.99. The molecule has 2 aromatic rings. The van der Waals surface area contributed by atoms with Crippen molar-refractivity contribution < 1.29 is 18.7 Å². The van der Waals surface area contributed by atoms with Crippen LogP contribution in [0.3, 0.4) is 0 Å². The third-order valence-electron chi connectivity index (χ3n) is 6.97. The summed E-state index contributed by atoms with van der Waals surface area (Å²) in [6.07, 6.45) is 9.04. The number of benzene rings is 1.